The number of nitrogens with one attached hydrogen (secondary N) is 1. The Morgan fingerprint density at radius 2 is 2.12 bits per heavy atom. The highest BCUT2D eigenvalue weighted by Gasteiger charge is 1.99. The molecule has 0 saturated heterocycles. The summed E-state index contributed by atoms with van der Waals surface area (Å²) in [6.07, 6.45) is 1.67. The van der Waals surface area contributed by atoms with Gasteiger partial charge in [-0.3, -0.25) is 4.21 Å². The number of hydrogen-bond acceptors (Lipinski definition) is 5. The van der Waals surface area contributed by atoms with E-state index in [0.717, 1.165) is 16.3 Å². The van der Waals surface area contributed by atoms with Gasteiger partial charge >= 0.3 is 0 Å². The Morgan fingerprint density at radius 3 is 2.69 bits per heavy atom. The minimum Gasteiger partial charge on any atom is -0.379 e. The third-order valence-corrected chi connectivity index (χ3v) is 3.55. The van der Waals surface area contributed by atoms with Gasteiger partial charge < -0.3 is 5.32 Å². The van der Waals surface area contributed by atoms with E-state index in [1.54, 1.807) is 6.26 Å². The third-order valence-electron chi connectivity index (χ3n) is 2.07. The van der Waals surface area contributed by atoms with Crippen molar-refractivity contribution in [3.05, 3.63) is 35.3 Å². The normalized spacial score (nSPS) is 12.3. The van der Waals surface area contributed by atoms with Crippen molar-refractivity contribution >= 4 is 28.0 Å². The molecule has 1 unspecified atom stereocenters. The van der Waals surface area contributed by atoms with Crippen LogP contribution in [0.3, 0.4) is 0 Å². The molecule has 84 valence electrons. The minimum absolute atomic E-state index is 0.658. The van der Waals surface area contributed by atoms with Crippen LogP contribution in [0.2, 0.25) is 0 Å². The molecule has 1 N–H and O–H groups in total. The van der Waals surface area contributed by atoms with Crippen molar-refractivity contribution in [3.63, 3.8) is 0 Å². The van der Waals surface area contributed by atoms with Gasteiger partial charge in [0.05, 0.1) is 12.2 Å². The third kappa shape index (κ3) is 2.86. The number of hydrogen-bond donors (Lipinski definition) is 1. The smallest absolute Gasteiger partial charge is 0.0946 e. The molecule has 0 aliphatic carbocycles. The van der Waals surface area contributed by atoms with Crippen LogP contribution in [0.1, 0.15) is 5.69 Å². The number of benzene rings is 1. The molecule has 2 rings (SSSR count). The maximum absolute atomic E-state index is 11.2. The first-order valence-electron chi connectivity index (χ1n) is 4.69. The molecule has 0 aliphatic heterocycles. The molecule has 1 heterocycles. The van der Waals surface area contributed by atoms with E-state index in [4.69, 9.17) is 0 Å². The molecule has 2 aromatic rings. The molecule has 1 aromatic heterocycles. The standard InChI is InChI=1S/C10H11N3OS2/c1-16(14)10-4-2-8(3-5-10)11-6-9-7-15-13-12-9/h2-5,7,11H,6H2,1H3. The van der Waals surface area contributed by atoms with Crippen LogP contribution in [-0.2, 0) is 17.3 Å². The van der Waals surface area contributed by atoms with E-state index in [0.29, 0.717) is 6.54 Å². The van der Waals surface area contributed by atoms with Gasteiger partial charge in [-0.05, 0) is 35.8 Å². The van der Waals surface area contributed by atoms with Crippen molar-refractivity contribution in [1.29, 1.82) is 0 Å². The second-order valence-corrected chi connectivity index (χ2v) is 5.22. The molecule has 1 atom stereocenters. The van der Waals surface area contributed by atoms with Crippen LogP contribution in [0.15, 0.2) is 34.5 Å². The van der Waals surface area contributed by atoms with Gasteiger partial charge in [-0.15, -0.1) is 5.10 Å². The molecule has 0 bridgehead atoms. The fraction of sp³-hybridized carbons (Fsp3) is 0.200. The van der Waals surface area contributed by atoms with E-state index >= 15 is 0 Å². The average molecular weight is 253 g/mol. The second-order valence-electron chi connectivity index (χ2n) is 3.23. The zero-order valence-corrected chi connectivity index (χ0v) is 10.3. The molecule has 0 fully saturated rings. The summed E-state index contributed by atoms with van der Waals surface area (Å²) in [7, 11) is -0.919. The van der Waals surface area contributed by atoms with Crippen LogP contribution >= 0.6 is 11.5 Å². The second kappa shape index (κ2) is 5.18. The molecule has 16 heavy (non-hydrogen) atoms. The van der Waals surface area contributed by atoms with E-state index in [2.05, 4.69) is 14.9 Å². The summed E-state index contributed by atoms with van der Waals surface area (Å²) in [5.74, 6) is 0. The zero-order valence-electron chi connectivity index (χ0n) is 8.71. The predicted molar refractivity (Wildman–Crippen MR) is 66.0 cm³/mol. The minimum atomic E-state index is -0.919. The molecule has 4 nitrogen and oxygen atoms in total. The van der Waals surface area contributed by atoms with E-state index in [-0.39, 0.29) is 0 Å². The van der Waals surface area contributed by atoms with Gasteiger partial charge in [0.25, 0.3) is 0 Å². The summed E-state index contributed by atoms with van der Waals surface area (Å²) in [5.41, 5.74) is 1.91. The van der Waals surface area contributed by atoms with Gasteiger partial charge in [-0.25, -0.2) is 0 Å². The fourth-order valence-electron chi connectivity index (χ4n) is 1.22. The highest BCUT2D eigenvalue weighted by atomic mass is 32.2. The molecule has 0 radical (unpaired) electrons. The van der Waals surface area contributed by atoms with Crippen molar-refractivity contribution in [2.75, 3.05) is 11.6 Å². The van der Waals surface area contributed by atoms with Gasteiger partial charge in [0.1, 0.15) is 0 Å². The molecular weight excluding hydrogens is 242 g/mol. The zero-order chi connectivity index (χ0) is 11.4. The highest BCUT2D eigenvalue weighted by molar-refractivity contribution is 7.84. The van der Waals surface area contributed by atoms with Crippen molar-refractivity contribution in [3.8, 4) is 0 Å². The van der Waals surface area contributed by atoms with Crippen molar-refractivity contribution in [2.45, 2.75) is 11.4 Å². The monoisotopic (exact) mass is 253 g/mol. The number of nitrogens with zero attached hydrogens (tertiary/aromatic N) is 2. The topological polar surface area (TPSA) is 54.9 Å². The van der Waals surface area contributed by atoms with E-state index in [1.165, 1.54) is 11.5 Å². The SMILES string of the molecule is CS(=O)c1ccc(NCc2csnn2)cc1. The quantitative estimate of drug-likeness (QED) is 0.904. The Hall–Kier alpha value is -1.27. The van der Waals surface area contributed by atoms with Crippen LogP contribution in [0.25, 0.3) is 0 Å². The predicted octanol–water partition coefficient (Wildman–Crippen LogP) is 1.89. The maximum atomic E-state index is 11.2. The molecule has 0 spiro atoms. The number of aromatic nitrogens is 2. The first-order valence-corrected chi connectivity index (χ1v) is 7.08. The number of rotatable bonds is 4. The largest absolute Gasteiger partial charge is 0.379 e. The molecule has 1 aromatic carbocycles. The van der Waals surface area contributed by atoms with Gasteiger partial charge in [0, 0.05) is 33.0 Å². The van der Waals surface area contributed by atoms with Crippen LogP contribution in [-0.4, -0.2) is 20.1 Å². The molecule has 0 aliphatic rings. The first-order chi connectivity index (χ1) is 7.75. The van der Waals surface area contributed by atoms with Crippen molar-refractivity contribution in [2.24, 2.45) is 0 Å². The van der Waals surface area contributed by atoms with Crippen LogP contribution < -0.4 is 5.32 Å². The van der Waals surface area contributed by atoms with Gasteiger partial charge in [0.15, 0.2) is 0 Å². The molecular formula is C10H11N3OS2. The van der Waals surface area contributed by atoms with E-state index in [1.807, 2.05) is 29.6 Å². The van der Waals surface area contributed by atoms with Gasteiger partial charge in [-0.2, -0.15) is 0 Å². The fourth-order valence-corrected chi connectivity index (χ4v) is 2.19. The average Bonchev–Trinajstić information content (AvgIpc) is 2.80. The summed E-state index contributed by atoms with van der Waals surface area (Å²) < 4.78 is 15.0. The Bertz CT molecular complexity index is 467. The Kier molecular flexibility index (Phi) is 3.63. The Balaban J connectivity index is 1.98. The van der Waals surface area contributed by atoms with Crippen LogP contribution in [0.4, 0.5) is 5.69 Å². The Morgan fingerprint density at radius 1 is 1.38 bits per heavy atom. The first kappa shape index (κ1) is 11.2. The lowest BCUT2D eigenvalue weighted by molar-refractivity contribution is 0.687. The summed E-state index contributed by atoms with van der Waals surface area (Å²) in [4.78, 5) is 0.834. The van der Waals surface area contributed by atoms with Crippen molar-refractivity contribution in [1.82, 2.24) is 9.59 Å². The molecule has 0 amide bonds. The van der Waals surface area contributed by atoms with Gasteiger partial charge in [-0.1, -0.05) is 4.49 Å². The van der Waals surface area contributed by atoms with Crippen molar-refractivity contribution < 1.29 is 4.21 Å². The summed E-state index contributed by atoms with van der Waals surface area (Å²) in [5, 5.41) is 9.06. The maximum Gasteiger partial charge on any atom is 0.0946 e. The van der Waals surface area contributed by atoms with Crippen LogP contribution in [0, 0.1) is 0 Å². The summed E-state index contributed by atoms with van der Waals surface area (Å²) in [6.45, 7) is 0.658. The number of anilines is 1. The van der Waals surface area contributed by atoms with E-state index in [9.17, 15) is 4.21 Å². The summed E-state index contributed by atoms with van der Waals surface area (Å²) in [6, 6.07) is 7.54. The lowest BCUT2D eigenvalue weighted by Gasteiger charge is -2.04. The lowest BCUT2D eigenvalue weighted by Crippen LogP contribution is -1.99. The highest BCUT2D eigenvalue weighted by Crippen LogP contribution is 2.12. The van der Waals surface area contributed by atoms with Crippen LogP contribution in [0.5, 0.6) is 0 Å². The Labute approximate surface area is 100 Å². The molecule has 0 saturated carbocycles. The lowest BCUT2D eigenvalue weighted by atomic mass is 10.3. The van der Waals surface area contributed by atoms with Gasteiger partial charge in [0.2, 0.25) is 0 Å². The summed E-state index contributed by atoms with van der Waals surface area (Å²) >= 11 is 1.34. The molecule has 6 heteroatoms. The van der Waals surface area contributed by atoms with E-state index < -0.39 is 10.8 Å².